The topological polar surface area (TPSA) is 65.1 Å². The second-order valence-corrected chi connectivity index (χ2v) is 6.69. The fourth-order valence-electron chi connectivity index (χ4n) is 3.01. The Morgan fingerprint density at radius 3 is 2.50 bits per heavy atom. The van der Waals surface area contributed by atoms with E-state index in [1.807, 2.05) is 12.1 Å². The summed E-state index contributed by atoms with van der Waals surface area (Å²) in [4.78, 5) is 26.3. The van der Waals surface area contributed by atoms with E-state index in [0.29, 0.717) is 23.6 Å². The summed E-state index contributed by atoms with van der Waals surface area (Å²) in [5.41, 5.74) is 1.56. The second kappa shape index (κ2) is 8.73. The summed E-state index contributed by atoms with van der Waals surface area (Å²) in [5.74, 6) is -0.0884. The van der Waals surface area contributed by atoms with Crippen LogP contribution < -0.4 is 9.47 Å². The number of ether oxygens (including phenoxy) is 3. The second-order valence-electron chi connectivity index (χ2n) is 6.69. The van der Waals surface area contributed by atoms with Gasteiger partial charge in [0.1, 0.15) is 5.82 Å². The van der Waals surface area contributed by atoms with Gasteiger partial charge in [-0.1, -0.05) is 25.1 Å². The molecule has 0 saturated heterocycles. The lowest BCUT2D eigenvalue weighted by Gasteiger charge is -2.25. The van der Waals surface area contributed by atoms with Crippen LogP contribution in [0, 0.1) is 11.7 Å². The van der Waals surface area contributed by atoms with Crippen LogP contribution in [-0.4, -0.2) is 37.2 Å². The molecule has 0 aromatic heterocycles. The van der Waals surface area contributed by atoms with E-state index >= 15 is 0 Å². The molecule has 1 aliphatic heterocycles. The monoisotopic (exact) mass is 387 g/mol. The highest BCUT2D eigenvalue weighted by Crippen LogP contribution is 2.33. The molecule has 1 heterocycles. The number of carbonyl (C=O) groups excluding carboxylic acids is 2. The van der Waals surface area contributed by atoms with Crippen LogP contribution in [-0.2, 0) is 27.3 Å². The number of nitrogens with zero attached hydrogens (tertiary/aromatic N) is 1. The largest absolute Gasteiger partial charge is 0.469 e. The average Bonchev–Trinajstić information content (AvgIpc) is 3.16. The highest BCUT2D eigenvalue weighted by Gasteiger charge is 2.23. The third-order valence-electron chi connectivity index (χ3n) is 4.53. The molecule has 0 N–H and O–H groups in total. The van der Waals surface area contributed by atoms with Crippen molar-refractivity contribution in [3.05, 3.63) is 59.4 Å². The van der Waals surface area contributed by atoms with Gasteiger partial charge < -0.3 is 19.1 Å². The van der Waals surface area contributed by atoms with Crippen molar-refractivity contribution in [1.82, 2.24) is 4.90 Å². The smallest absolute Gasteiger partial charge is 0.310 e. The number of amides is 1. The van der Waals surface area contributed by atoms with E-state index in [1.54, 1.807) is 30.0 Å². The Hall–Kier alpha value is -3.09. The number of hydrogen-bond donors (Lipinski definition) is 0. The zero-order valence-corrected chi connectivity index (χ0v) is 15.8. The number of rotatable bonds is 7. The predicted molar refractivity (Wildman–Crippen MR) is 99.3 cm³/mol. The molecule has 2 aromatic rings. The molecule has 0 fully saturated rings. The lowest BCUT2D eigenvalue weighted by molar-refractivity contribution is -0.146. The van der Waals surface area contributed by atoms with E-state index in [2.05, 4.69) is 0 Å². The number of fused-ring (bicyclic) bond motifs is 1. The van der Waals surface area contributed by atoms with Crippen LogP contribution in [0.5, 0.6) is 11.5 Å². The van der Waals surface area contributed by atoms with Crippen molar-refractivity contribution in [2.24, 2.45) is 5.92 Å². The summed E-state index contributed by atoms with van der Waals surface area (Å²) in [6, 6.07) is 11.3. The third-order valence-corrected chi connectivity index (χ3v) is 4.53. The van der Waals surface area contributed by atoms with Gasteiger partial charge in [-0.2, -0.15) is 0 Å². The van der Waals surface area contributed by atoms with Crippen molar-refractivity contribution in [3.8, 4) is 11.5 Å². The van der Waals surface area contributed by atoms with Crippen LogP contribution in [0.3, 0.4) is 0 Å². The number of benzene rings is 2. The summed E-state index contributed by atoms with van der Waals surface area (Å²) in [7, 11) is 1.32. The van der Waals surface area contributed by atoms with Gasteiger partial charge in [0, 0.05) is 13.1 Å². The zero-order valence-electron chi connectivity index (χ0n) is 15.8. The predicted octanol–water partition coefficient (Wildman–Crippen LogP) is 2.93. The van der Waals surface area contributed by atoms with Crippen molar-refractivity contribution in [2.75, 3.05) is 20.4 Å². The Bertz CT molecular complexity index is 852. The molecule has 1 atom stereocenters. The fraction of sp³-hybridized carbons (Fsp3) is 0.333. The van der Waals surface area contributed by atoms with E-state index in [0.717, 1.165) is 5.56 Å². The van der Waals surface area contributed by atoms with Crippen molar-refractivity contribution in [2.45, 2.75) is 19.9 Å². The molecule has 7 heteroatoms. The van der Waals surface area contributed by atoms with Gasteiger partial charge in [0.05, 0.1) is 19.4 Å². The molecular weight excluding hydrogens is 365 g/mol. The molecule has 6 nitrogen and oxygen atoms in total. The molecule has 0 aliphatic carbocycles. The minimum absolute atomic E-state index is 0.110. The van der Waals surface area contributed by atoms with Gasteiger partial charge in [0.15, 0.2) is 11.5 Å². The number of esters is 1. The van der Waals surface area contributed by atoms with Crippen LogP contribution in [0.2, 0.25) is 0 Å². The van der Waals surface area contributed by atoms with E-state index in [1.165, 1.54) is 19.2 Å². The minimum atomic E-state index is -0.476. The Kier molecular flexibility index (Phi) is 6.13. The van der Waals surface area contributed by atoms with E-state index in [9.17, 15) is 14.0 Å². The average molecular weight is 387 g/mol. The molecule has 0 radical (unpaired) electrons. The number of methoxy groups -OCH3 is 1. The first-order chi connectivity index (χ1) is 13.5. The first-order valence-electron chi connectivity index (χ1n) is 8.95. The van der Waals surface area contributed by atoms with E-state index in [4.69, 9.17) is 14.2 Å². The van der Waals surface area contributed by atoms with Gasteiger partial charge in [0.2, 0.25) is 12.7 Å². The lowest BCUT2D eigenvalue weighted by atomic mass is 10.1. The van der Waals surface area contributed by atoms with Gasteiger partial charge in [0.25, 0.3) is 0 Å². The van der Waals surface area contributed by atoms with E-state index in [-0.39, 0.29) is 37.5 Å². The first-order valence-corrected chi connectivity index (χ1v) is 8.95. The molecule has 148 valence electrons. The quantitative estimate of drug-likeness (QED) is 0.684. The zero-order chi connectivity index (χ0) is 20.1. The third kappa shape index (κ3) is 4.79. The first kappa shape index (κ1) is 19.7. The van der Waals surface area contributed by atoms with E-state index < -0.39 is 5.92 Å². The summed E-state index contributed by atoms with van der Waals surface area (Å²) >= 11 is 0. The fourth-order valence-corrected chi connectivity index (χ4v) is 3.01. The van der Waals surface area contributed by atoms with Gasteiger partial charge in [-0.3, -0.25) is 9.59 Å². The summed E-state index contributed by atoms with van der Waals surface area (Å²) in [5, 5.41) is 0. The lowest BCUT2D eigenvalue weighted by Crippen LogP contribution is -2.37. The van der Waals surface area contributed by atoms with Crippen molar-refractivity contribution in [3.63, 3.8) is 0 Å². The standard InChI is InChI=1S/C21H22FNO5/c1-14(21(25)26-2)11-23(20(24)10-15-3-6-17(22)7-4-15)12-16-5-8-18-19(9-16)28-13-27-18/h3-9,14H,10-13H2,1-2H3. The van der Waals surface area contributed by atoms with Crippen LogP contribution in [0.1, 0.15) is 18.1 Å². The molecule has 3 rings (SSSR count). The van der Waals surface area contributed by atoms with Crippen molar-refractivity contribution >= 4 is 11.9 Å². The normalized spacial score (nSPS) is 13.1. The number of hydrogen-bond acceptors (Lipinski definition) is 5. The molecule has 0 bridgehead atoms. The summed E-state index contributed by atoms with van der Waals surface area (Å²) in [6.45, 7) is 2.40. The molecule has 0 saturated carbocycles. The molecule has 28 heavy (non-hydrogen) atoms. The van der Waals surface area contributed by atoms with Gasteiger partial charge in [-0.25, -0.2) is 4.39 Å². The maximum absolute atomic E-state index is 13.1. The van der Waals surface area contributed by atoms with Gasteiger partial charge >= 0.3 is 5.97 Å². The van der Waals surface area contributed by atoms with Crippen molar-refractivity contribution in [1.29, 1.82) is 0 Å². The molecular formula is C21H22FNO5. The maximum atomic E-state index is 13.1. The highest BCUT2D eigenvalue weighted by atomic mass is 19.1. The summed E-state index contributed by atoms with van der Waals surface area (Å²) < 4.78 is 28.6. The summed E-state index contributed by atoms with van der Waals surface area (Å²) in [6.07, 6.45) is 0.110. The Balaban J connectivity index is 1.76. The van der Waals surface area contributed by atoms with Crippen molar-refractivity contribution < 1.29 is 28.2 Å². The molecule has 0 spiro atoms. The maximum Gasteiger partial charge on any atom is 0.310 e. The van der Waals surface area contributed by atoms with Crippen LogP contribution >= 0.6 is 0 Å². The SMILES string of the molecule is COC(=O)C(C)CN(Cc1ccc2c(c1)OCO2)C(=O)Cc1ccc(F)cc1. The minimum Gasteiger partial charge on any atom is -0.469 e. The van der Waals surface area contributed by atoms with Crippen LogP contribution in [0.15, 0.2) is 42.5 Å². The molecule has 1 unspecified atom stereocenters. The Morgan fingerprint density at radius 1 is 1.11 bits per heavy atom. The Morgan fingerprint density at radius 2 is 1.79 bits per heavy atom. The molecule has 1 aliphatic rings. The van der Waals surface area contributed by atoms with Crippen LogP contribution in [0.4, 0.5) is 4.39 Å². The van der Waals surface area contributed by atoms with Crippen LogP contribution in [0.25, 0.3) is 0 Å². The van der Waals surface area contributed by atoms with Gasteiger partial charge in [-0.05, 0) is 35.4 Å². The number of carbonyl (C=O) groups is 2. The Labute approximate surface area is 162 Å². The molecule has 2 aromatic carbocycles. The molecule has 1 amide bonds. The highest BCUT2D eigenvalue weighted by molar-refractivity contribution is 5.80. The van der Waals surface area contributed by atoms with Gasteiger partial charge in [-0.15, -0.1) is 0 Å². The number of halogens is 1.